The van der Waals surface area contributed by atoms with Crippen LogP contribution in [0.1, 0.15) is 24.8 Å². The molecule has 1 fully saturated rings. The summed E-state index contributed by atoms with van der Waals surface area (Å²) in [6.07, 6.45) is 2.08. The van der Waals surface area contributed by atoms with Gasteiger partial charge in [0.1, 0.15) is 6.42 Å². The monoisotopic (exact) mass is 376 g/mol. The molecule has 2 rings (SSSR count). The molecule has 0 radical (unpaired) electrons. The quantitative estimate of drug-likeness (QED) is 0.521. The minimum atomic E-state index is -0.398. The molecule has 0 aromatic heterocycles. The molecular formula is C19H28N4O4. The second-order valence-corrected chi connectivity index (χ2v) is 6.48. The zero-order valence-corrected chi connectivity index (χ0v) is 16.2. The third kappa shape index (κ3) is 6.90. The standard InChI is InChI=1S/C19H28N4O4/c1-23-10-7-15(8-11-23)21-22-19(25)13-18(24)20-9-6-14-4-5-16(26-2)17(12-14)27-3/h4-5,12H,6-11,13H2,1-3H3,(H,20,24)(H,22,25). The summed E-state index contributed by atoms with van der Waals surface area (Å²) in [5.41, 5.74) is 4.45. The molecule has 0 saturated carbocycles. The Hall–Kier alpha value is -2.61. The van der Waals surface area contributed by atoms with E-state index >= 15 is 0 Å². The molecule has 8 nitrogen and oxygen atoms in total. The van der Waals surface area contributed by atoms with Crippen LogP contribution in [0.2, 0.25) is 0 Å². The molecule has 0 bridgehead atoms. The maximum absolute atomic E-state index is 11.9. The van der Waals surface area contributed by atoms with Gasteiger partial charge in [-0.2, -0.15) is 5.10 Å². The van der Waals surface area contributed by atoms with Crippen molar-refractivity contribution in [3.63, 3.8) is 0 Å². The molecule has 8 heteroatoms. The van der Waals surface area contributed by atoms with E-state index in [-0.39, 0.29) is 12.3 Å². The molecule has 1 saturated heterocycles. The molecule has 1 heterocycles. The Morgan fingerprint density at radius 1 is 1.11 bits per heavy atom. The van der Waals surface area contributed by atoms with Crippen LogP contribution in [0.3, 0.4) is 0 Å². The van der Waals surface area contributed by atoms with Crippen molar-refractivity contribution in [1.82, 2.24) is 15.6 Å². The lowest BCUT2D eigenvalue weighted by molar-refractivity contribution is -0.129. The highest BCUT2D eigenvalue weighted by Gasteiger charge is 2.13. The number of hydrogen-bond acceptors (Lipinski definition) is 6. The van der Waals surface area contributed by atoms with Crippen LogP contribution in [0.5, 0.6) is 11.5 Å². The minimum absolute atomic E-state index is 0.234. The number of piperidine rings is 1. The first-order valence-electron chi connectivity index (χ1n) is 9.02. The summed E-state index contributed by atoms with van der Waals surface area (Å²) in [6, 6.07) is 5.61. The van der Waals surface area contributed by atoms with E-state index in [1.165, 1.54) is 0 Å². The van der Waals surface area contributed by atoms with Crippen LogP contribution < -0.4 is 20.2 Å². The number of hydrogen-bond donors (Lipinski definition) is 2. The Labute approximate surface area is 159 Å². The number of hydrazone groups is 1. The van der Waals surface area contributed by atoms with Gasteiger partial charge < -0.3 is 19.7 Å². The number of carbonyl (C=O) groups is 2. The highest BCUT2D eigenvalue weighted by atomic mass is 16.5. The first-order valence-corrected chi connectivity index (χ1v) is 9.02. The summed E-state index contributed by atoms with van der Waals surface area (Å²) >= 11 is 0. The van der Waals surface area contributed by atoms with Crippen molar-refractivity contribution in [3.05, 3.63) is 23.8 Å². The summed E-state index contributed by atoms with van der Waals surface area (Å²) in [5, 5.41) is 6.86. The predicted molar refractivity (Wildman–Crippen MR) is 103 cm³/mol. The van der Waals surface area contributed by atoms with Gasteiger partial charge in [-0.25, -0.2) is 5.43 Å². The van der Waals surface area contributed by atoms with Gasteiger partial charge in [-0.3, -0.25) is 9.59 Å². The molecule has 0 unspecified atom stereocenters. The van der Waals surface area contributed by atoms with Crippen molar-refractivity contribution in [1.29, 1.82) is 0 Å². The average molecular weight is 376 g/mol. The summed E-state index contributed by atoms with van der Waals surface area (Å²) in [7, 11) is 5.22. The number of carbonyl (C=O) groups excluding carboxylic acids is 2. The van der Waals surface area contributed by atoms with Crippen molar-refractivity contribution >= 4 is 17.5 Å². The molecule has 1 aliphatic rings. The Kier molecular flexibility index (Phi) is 8.06. The summed E-state index contributed by atoms with van der Waals surface area (Å²) in [4.78, 5) is 25.9. The SMILES string of the molecule is COc1ccc(CCNC(=O)CC(=O)NN=C2CCN(C)CC2)cc1OC. The summed E-state index contributed by atoms with van der Waals surface area (Å²) in [5.74, 6) is 0.587. The topological polar surface area (TPSA) is 92.3 Å². The molecule has 1 aliphatic heterocycles. The number of ether oxygens (including phenoxy) is 2. The van der Waals surface area contributed by atoms with E-state index in [1.807, 2.05) is 18.2 Å². The van der Waals surface area contributed by atoms with Crippen molar-refractivity contribution in [2.45, 2.75) is 25.7 Å². The van der Waals surface area contributed by atoms with E-state index in [9.17, 15) is 9.59 Å². The number of likely N-dealkylation sites (tertiary alicyclic amines) is 1. The van der Waals surface area contributed by atoms with E-state index in [2.05, 4.69) is 27.8 Å². The van der Waals surface area contributed by atoms with Crippen molar-refractivity contribution in [3.8, 4) is 11.5 Å². The molecule has 27 heavy (non-hydrogen) atoms. The van der Waals surface area contributed by atoms with Crippen molar-refractivity contribution in [2.75, 3.05) is 40.9 Å². The lowest BCUT2D eigenvalue weighted by Crippen LogP contribution is -2.33. The zero-order chi connectivity index (χ0) is 19.6. The Balaban J connectivity index is 1.70. The molecule has 2 N–H and O–H groups in total. The number of nitrogens with one attached hydrogen (secondary N) is 2. The number of methoxy groups -OCH3 is 2. The van der Waals surface area contributed by atoms with Crippen LogP contribution in [0, 0.1) is 0 Å². The van der Waals surface area contributed by atoms with Gasteiger partial charge in [0.2, 0.25) is 11.8 Å². The van der Waals surface area contributed by atoms with Gasteiger partial charge in [-0.05, 0) is 31.2 Å². The molecular weight excluding hydrogens is 348 g/mol. The van der Waals surface area contributed by atoms with E-state index in [1.54, 1.807) is 14.2 Å². The second-order valence-electron chi connectivity index (χ2n) is 6.48. The molecule has 148 valence electrons. The average Bonchev–Trinajstić information content (AvgIpc) is 2.67. The molecule has 0 aliphatic carbocycles. The third-order valence-corrected chi connectivity index (χ3v) is 4.41. The van der Waals surface area contributed by atoms with Crippen LogP contribution in [0.15, 0.2) is 23.3 Å². The lowest BCUT2D eigenvalue weighted by atomic mass is 10.1. The molecule has 0 spiro atoms. The highest BCUT2D eigenvalue weighted by molar-refractivity contribution is 5.97. The van der Waals surface area contributed by atoms with Crippen LogP contribution in [-0.4, -0.2) is 63.3 Å². The second kappa shape index (κ2) is 10.5. The first-order chi connectivity index (χ1) is 13.0. The Morgan fingerprint density at radius 2 is 1.81 bits per heavy atom. The normalized spacial score (nSPS) is 14.4. The van der Waals surface area contributed by atoms with Gasteiger partial charge in [0.05, 0.1) is 14.2 Å². The van der Waals surface area contributed by atoms with Gasteiger partial charge >= 0.3 is 0 Å². The summed E-state index contributed by atoms with van der Waals surface area (Å²) < 4.78 is 10.5. The predicted octanol–water partition coefficient (Wildman–Crippen LogP) is 0.950. The Bertz CT molecular complexity index is 680. The van der Waals surface area contributed by atoms with Gasteiger partial charge in [0.15, 0.2) is 11.5 Å². The van der Waals surface area contributed by atoms with E-state index in [0.717, 1.165) is 37.2 Å². The van der Waals surface area contributed by atoms with Crippen molar-refractivity contribution < 1.29 is 19.1 Å². The first kappa shape index (κ1) is 20.7. The maximum Gasteiger partial charge on any atom is 0.249 e. The molecule has 0 atom stereocenters. The van der Waals surface area contributed by atoms with Gasteiger partial charge in [0, 0.05) is 38.2 Å². The van der Waals surface area contributed by atoms with Crippen LogP contribution in [0.4, 0.5) is 0 Å². The fraction of sp³-hybridized carbons (Fsp3) is 0.526. The van der Waals surface area contributed by atoms with Gasteiger partial charge in [0.25, 0.3) is 0 Å². The molecule has 1 aromatic carbocycles. The number of amides is 2. The van der Waals surface area contributed by atoms with E-state index < -0.39 is 5.91 Å². The fourth-order valence-corrected chi connectivity index (χ4v) is 2.76. The zero-order valence-electron chi connectivity index (χ0n) is 16.2. The minimum Gasteiger partial charge on any atom is -0.493 e. The van der Waals surface area contributed by atoms with E-state index in [4.69, 9.17) is 9.47 Å². The third-order valence-electron chi connectivity index (χ3n) is 4.41. The number of rotatable bonds is 8. The van der Waals surface area contributed by atoms with Crippen LogP contribution in [0.25, 0.3) is 0 Å². The van der Waals surface area contributed by atoms with Crippen LogP contribution >= 0.6 is 0 Å². The molecule has 2 amide bonds. The fourth-order valence-electron chi connectivity index (χ4n) is 2.76. The molecule has 1 aromatic rings. The van der Waals surface area contributed by atoms with Gasteiger partial charge in [-0.1, -0.05) is 6.07 Å². The van der Waals surface area contributed by atoms with Crippen LogP contribution in [-0.2, 0) is 16.0 Å². The largest absolute Gasteiger partial charge is 0.493 e. The Morgan fingerprint density at radius 3 is 2.48 bits per heavy atom. The van der Waals surface area contributed by atoms with Gasteiger partial charge in [-0.15, -0.1) is 0 Å². The van der Waals surface area contributed by atoms with Crippen molar-refractivity contribution in [2.24, 2.45) is 5.10 Å². The maximum atomic E-state index is 11.9. The smallest absolute Gasteiger partial charge is 0.249 e. The summed E-state index contributed by atoms with van der Waals surface area (Å²) in [6.45, 7) is 2.30. The number of nitrogens with zero attached hydrogens (tertiary/aromatic N) is 2. The highest BCUT2D eigenvalue weighted by Crippen LogP contribution is 2.27. The lowest BCUT2D eigenvalue weighted by Gasteiger charge is -2.22. The number of benzene rings is 1. The van der Waals surface area contributed by atoms with E-state index in [0.29, 0.717) is 24.5 Å².